The summed E-state index contributed by atoms with van der Waals surface area (Å²) in [5.74, 6) is 0.992. The molecule has 4 heteroatoms. The quantitative estimate of drug-likeness (QED) is 0.920. The average Bonchev–Trinajstić information content (AvgIpc) is 2.40. The molecule has 1 aliphatic heterocycles. The van der Waals surface area contributed by atoms with E-state index in [0.29, 0.717) is 16.9 Å². The van der Waals surface area contributed by atoms with Crippen LogP contribution in [0.3, 0.4) is 0 Å². The van der Waals surface area contributed by atoms with Crippen molar-refractivity contribution in [1.29, 1.82) is 0 Å². The summed E-state index contributed by atoms with van der Waals surface area (Å²) in [5.41, 5.74) is 6.76. The molecular weight excluding hydrogens is 259 g/mol. The second kappa shape index (κ2) is 6.73. The number of benzene rings is 1. The van der Waals surface area contributed by atoms with Gasteiger partial charge in [0, 0.05) is 41.7 Å². The van der Waals surface area contributed by atoms with Crippen molar-refractivity contribution in [2.24, 2.45) is 5.73 Å². The lowest BCUT2D eigenvalue weighted by Crippen LogP contribution is -2.45. The number of nitrogens with zero attached hydrogens (tertiary/aromatic N) is 1. The summed E-state index contributed by atoms with van der Waals surface area (Å²) in [4.78, 5) is 2.47. The van der Waals surface area contributed by atoms with E-state index in [2.05, 4.69) is 18.7 Å². The topological polar surface area (TPSA) is 29.3 Å². The van der Waals surface area contributed by atoms with Crippen molar-refractivity contribution in [3.63, 3.8) is 0 Å². The Balaban J connectivity index is 1.90. The van der Waals surface area contributed by atoms with Crippen LogP contribution in [0.5, 0.6) is 0 Å². The highest BCUT2D eigenvalue weighted by atomic mass is 32.2. The molecule has 3 atom stereocenters. The van der Waals surface area contributed by atoms with Gasteiger partial charge < -0.3 is 5.73 Å². The molecule has 0 aliphatic carbocycles. The molecule has 1 fully saturated rings. The maximum absolute atomic E-state index is 13.6. The first-order chi connectivity index (χ1) is 9.09. The van der Waals surface area contributed by atoms with Crippen molar-refractivity contribution in [2.45, 2.75) is 37.6 Å². The fraction of sp³-hybridized carbons (Fsp3) is 0.600. The van der Waals surface area contributed by atoms with Gasteiger partial charge in [0.15, 0.2) is 0 Å². The Bertz CT molecular complexity index is 413. The van der Waals surface area contributed by atoms with Crippen LogP contribution >= 0.6 is 11.8 Å². The van der Waals surface area contributed by atoms with E-state index in [0.717, 1.165) is 19.5 Å². The fourth-order valence-corrected chi connectivity index (χ4v) is 3.71. The third kappa shape index (κ3) is 3.71. The number of nitrogens with two attached hydrogens (primary N) is 1. The van der Waals surface area contributed by atoms with Crippen molar-refractivity contribution in [1.82, 2.24) is 4.90 Å². The lowest BCUT2D eigenvalue weighted by atomic mass is 10.0. The van der Waals surface area contributed by atoms with E-state index in [1.165, 1.54) is 11.8 Å². The normalized spacial score (nSPS) is 26.3. The Hall–Kier alpha value is -0.580. The van der Waals surface area contributed by atoms with Gasteiger partial charge in [-0.25, -0.2) is 4.39 Å². The van der Waals surface area contributed by atoms with E-state index < -0.39 is 0 Å². The van der Waals surface area contributed by atoms with Gasteiger partial charge in [0.25, 0.3) is 0 Å². The molecule has 2 rings (SSSR count). The van der Waals surface area contributed by atoms with E-state index in [4.69, 9.17) is 5.73 Å². The first-order valence-corrected chi connectivity index (χ1v) is 8.00. The maximum atomic E-state index is 13.6. The molecule has 106 valence electrons. The van der Waals surface area contributed by atoms with Gasteiger partial charge >= 0.3 is 0 Å². The molecule has 0 aromatic heterocycles. The minimum Gasteiger partial charge on any atom is -0.324 e. The maximum Gasteiger partial charge on any atom is 0.127 e. The SMILES string of the molecule is CC1SCCN(CCC(N)c2ccccc2F)C1C. The van der Waals surface area contributed by atoms with Crippen LogP contribution in [-0.2, 0) is 0 Å². The third-order valence-corrected chi connectivity index (χ3v) is 5.38. The molecule has 19 heavy (non-hydrogen) atoms. The van der Waals surface area contributed by atoms with Crippen LogP contribution in [0.1, 0.15) is 31.9 Å². The fourth-order valence-electron chi connectivity index (χ4n) is 2.55. The van der Waals surface area contributed by atoms with Crippen LogP contribution in [0.15, 0.2) is 24.3 Å². The van der Waals surface area contributed by atoms with E-state index >= 15 is 0 Å². The van der Waals surface area contributed by atoms with Gasteiger partial charge in [0.1, 0.15) is 5.82 Å². The van der Waals surface area contributed by atoms with Crippen LogP contribution in [0, 0.1) is 5.82 Å². The van der Waals surface area contributed by atoms with Gasteiger partial charge in [0.05, 0.1) is 0 Å². The van der Waals surface area contributed by atoms with Gasteiger partial charge in [-0.2, -0.15) is 11.8 Å². The van der Waals surface area contributed by atoms with Crippen molar-refractivity contribution in [2.75, 3.05) is 18.8 Å². The smallest absolute Gasteiger partial charge is 0.127 e. The van der Waals surface area contributed by atoms with Crippen LogP contribution in [0.2, 0.25) is 0 Å². The highest BCUT2D eigenvalue weighted by molar-refractivity contribution is 8.00. The second-order valence-electron chi connectivity index (χ2n) is 5.27. The molecule has 0 radical (unpaired) electrons. The minimum absolute atomic E-state index is 0.189. The molecule has 0 amide bonds. The molecule has 0 bridgehead atoms. The number of rotatable bonds is 4. The lowest BCUT2D eigenvalue weighted by molar-refractivity contribution is 0.205. The first-order valence-electron chi connectivity index (χ1n) is 6.95. The van der Waals surface area contributed by atoms with Gasteiger partial charge in [-0.05, 0) is 19.4 Å². The molecule has 3 unspecified atom stereocenters. The van der Waals surface area contributed by atoms with Crippen LogP contribution in [0.25, 0.3) is 0 Å². The number of thioether (sulfide) groups is 1. The van der Waals surface area contributed by atoms with E-state index in [1.807, 2.05) is 17.8 Å². The molecule has 1 heterocycles. The zero-order chi connectivity index (χ0) is 13.8. The van der Waals surface area contributed by atoms with E-state index in [9.17, 15) is 4.39 Å². The molecule has 1 aromatic rings. The van der Waals surface area contributed by atoms with Crippen molar-refractivity contribution >= 4 is 11.8 Å². The average molecular weight is 282 g/mol. The summed E-state index contributed by atoms with van der Waals surface area (Å²) in [6, 6.07) is 7.19. The van der Waals surface area contributed by atoms with Crippen LogP contribution in [-0.4, -0.2) is 35.0 Å². The largest absolute Gasteiger partial charge is 0.324 e. The van der Waals surface area contributed by atoms with Crippen LogP contribution < -0.4 is 5.73 Å². The van der Waals surface area contributed by atoms with Gasteiger partial charge in [-0.1, -0.05) is 25.1 Å². The molecule has 0 spiro atoms. The predicted octanol–water partition coefficient (Wildman–Crippen LogP) is 3.04. The highest BCUT2D eigenvalue weighted by Gasteiger charge is 2.25. The van der Waals surface area contributed by atoms with Gasteiger partial charge in [-0.15, -0.1) is 0 Å². The summed E-state index contributed by atoms with van der Waals surface area (Å²) in [6.07, 6.45) is 0.808. The van der Waals surface area contributed by atoms with E-state index in [-0.39, 0.29) is 11.9 Å². The van der Waals surface area contributed by atoms with Crippen LogP contribution in [0.4, 0.5) is 4.39 Å². The Morgan fingerprint density at radius 2 is 2.16 bits per heavy atom. The third-order valence-electron chi connectivity index (χ3n) is 4.05. The Morgan fingerprint density at radius 3 is 2.89 bits per heavy atom. The summed E-state index contributed by atoms with van der Waals surface area (Å²) in [6.45, 7) is 6.60. The molecule has 1 saturated heterocycles. The van der Waals surface area contributed by atoms with Gasteiger partial charge in [0.2, 0.25) is 0 Å². The Kier molecular flexibility index (Phi) is 5.25. The zero-order valence-corrected chi connectivity index (χ0v) is 12.5. The molecule has 1 aliphatic rings. The molecule has 0 saturated carbocycles. The zero-order valence-electron chi connectivity index (χ0n) is 11.7. The molecule has 2 N–H and O–H groups in total. The van der Waals surface area contributed by atoms with Gasteiger partial charge in [-0.3, -0.25) is 4.90 Å². The molecule has 2 nitrogen and oxygen atoms in total. The van der Waals surface area contributed by atoms with Crippen molar-refractivity contribution in [3.05, 3.63) is 35.6 Å². The highest BCUT2D eigenvalue weighted by Crippen LogP contribution is 2.25. The molecular formula is C15H23FN2S. The summed E-state index contributed by atoms with van der Waals surface area (Å²) in [5, 5.41) is 0.665. The number of halogens is 1. The lowest BCUT2D eigenvalue weighted by Gasteiger charge is -2.38. The predicted molar refractivity (Wildman–Crippen MR) is 80.9 cm³/mol. The first kappa shape index (κ1) is 14.8. The van der Waals surface area contributed by atoms with Crippen molar-refractivity contribution in [3.8, 4) is 0 Å². The Morgan fingerprint density at radius 1 is 1.42 bits per heavy atom. The summed E-state index contributed by atoms with van der Waals surface area (Å²) >= 11 is 2.03. The standard InChI is InChI=1S/C15H23FN2S/c1-11-12(2)19-10-9-18(11)8-7-15(17)13-5-3-4-6-14(13)16/h3-6,11-12,15H,7-10,17H2,1-2H3. The second-order valence-corrected chi connectivity index (χ2v) is 6.75. The number of hydrogen-bond donors (Lipinski definition) is 1. The van der Waals surface area contributed by atoms with E-state index in [1.54, 1.807) is 12.1 Å². The summed E-state index contributed by atoms with van der Waals surface area (Å²) in [7, 11) is 0. The number of hydrogen-bond acceptors (Lipinski definition) is 3. The molecule has 1 aromatic carbocycles. The minimum atomic E-state index is -0.210. The summed E-state index contributed by atoms with van der Waals surface area (Å²) < 4.78 is 13.6. The Labute approximate surface area is 119 Å². The van der Waals surface area contributed by atoms with Crippen molar-refractivity contribution < 1.29 is 4.39 Å². The monoisotopic (exact) mass is 282 g/mol.